The van der Waals surface area contributed by atoms with E-state index in [0.717, 1.165) is 32.6 Å². The van der Waals surface area contributed by atoms with Crippen molar-refractivity contribution in [1.82, 2.24) is 9.80 Å². The van der Waals surface area contributed by atoms with E-state index >= 15 is 0 Å². The number of rotatable bonds is 3. The van der Waals surface area contributed by atoms with Crippen LogP contribution in [0, 0.1) is 0 Å². The molecule has 0 aromatic heterocycles. The number of halogens is 1. The second-order valence-corrected chi connectivity index (χ2v) is 5.15. The number of carbonyl (C=O) groups excluding carboxylic acids is 1. The highest BCUT2D eigenvalue weighted by Crippen LogP contribution is 2.22. The van der Waals surface area contributed by atoms with Crippen molar-refractivity contribution in [3.05, 3.63) is 47.9 Å². The average Bonchev–Trinajstić information content (AvgIpc) is 2.85. The van der Waals surface area contributed by atoms with Gasteiger partial charge in [-0.25, -0.2) is 4.39 Å². The minimum absolute atomic E-state index is 0.364. The summed E-state index contributed by atoms with van der Waals surface area (Å²) in [6.45, 7) is 3.84. The maximum atomic E-state index is 14.0. The minimum Gasteiger partial charge on any atom is -0.369 e. The molecule has 3 nitrogen and oxygen atoms in total. The number of fused-ring (bicyclic) bond motifs is 2. The number of hydrogen-bond donors (Lipinski definition) is 0. The van der Waals surface area contributed by atoms with Gasteiger partial charge in [0.15, 0.2) is 5.83 Å². The lowest BCUT2D eigenvalue weighted by atomic mass is 10.1. The number of benzene rings is 1. The first-order valence-electron chi connectivity index (χ1n) is 6.69. The van der Waals surface area contributed by atoms with E-state index in [1.807, 2.05) is 11.0 Å². The molecule has 0 radical (unpaired) electrons. The standard InChI is InChI=1S/C15H17FN2O/c16-14(15(19)12-4-2-1-3-5-12)11-18-9-8-17-7-6-13(18)10-17/h1-5,11,13H,6-10H2. The van der Waals surface area contributed by atoms with Crippen molar-refractivity contribution >= 4 is 5.78 Å². The molecule has 2 aliphatic rings. The number of nitrogens with zero attached hydrogens (tertiary/aromatic N) is 2. The first-order chi connectivity index (χ1) is 9.24. The monoisotopic (exact) mass is 260 g/mol. The molecular formula is C15H17FN2O. The van der Waals surface area contributed by atoms with Gasteiger partial charge >= 0.3 is 0 Å². The van der Waals surface area contributed by atoms with Gasteiger partial charge in [-0.3, -0.25) is 9.69 Å². The van der Waals surface area contributed by atoms with Crippen molar-refractivity contribution in [3.63, 3.8) is 0 Å². The first kappa shape index (κ1) is 12.4. The molecule has 1 aromatic rings. The molecule has 2 fully saturated rings. The number of piperazine rings is 1. The van der Waals surface area contributed by atoms with E-state index in [9.17, 15) is 9.18 Å². The zero-order valence-corrected chi connectivity index (χ0v) is 10.8. The Morgan fingerprint density at radius 3 is 2.79 bits per heavy atom. The zero-order chi connectivity index (χ0) is 13.2. The summed E-state index contributed by atoms with van der Waals surface area (Å²) < 4.78 is 14.0. The fourth-order valence-corrected chi connectivity index (χ4v) is 2.83. The van der Waals surface area contributed by atoms with Gasteiger partial charge < -0.3 is 4.90 Å². The SMILES string of the molecule is O=C(C(F)=CN1CCN2CCC1C2)c1ccccc1. The van der Waals surface area contributed by atoms with Crippen LogP contribution < -0.4 is 0 Å². The van der Waals surface area contributed by atoms with Crippen LogP contribution in [0.5, 0.6) is 0 Å². The van der Waals surface area contributed by atoms with Crippen LogP contribution >= 0.6 is 0 Å². The number of allylic oxidation sites excluding steroid dienone is 1. The molecule has 19 heavy (non-hydrogen) atoms. The van der Waals surface area contributed by atoms with E-state index in [0.29, 0.717) is 11.6 Å². The Kier molecular flexibility index (Phi) is 3.34. The molecule has 2 atom stereocenters. The molecule has 1 aromatic carbocycles. The topological polar surface area (TPSA) is 23.6 Å². The van der Waals surface area contributed by atoms with Gasteiger partial charge in [-0.05, 0) is 6.42 Å². The third-order valence-electron chi connectivity index (χ3n) is 3.92. The number of Topliss-reactive ketones (excluding diaryl/α,β-unsaturated/α-hetero) is 1. The van der Waals surface area contributed by atoms with Gasteiger partial charge in [0.1, 0.15) is 0 Å². The third-order valence-corrected chi connectivity index (χ3v) is 3.92. The van der Waals surface area contributed by atoms with Gasteiger partial charge in [0.05, 0.1) is 0 Å². The van der Waals surface area contributed by atoms with Gasteiger partial charge in [0, 0.05) is 44.0 Å². The van der Waals surface area contributed by atoms with Crippen LogP contribution in [0.1, 0.15) is 16.8 Å². The van der Waals surface area contributed by atoms with Gasteiger partial charge in [0.25, 0.3) is 0 Å². The van der Waals surface area contributed by atoms with Gasteiger partial charge in [-0.1, -0.05) is 30.3 Å². The summed E-state index contributed by atoms with van der Waals surface area (Å²) in [5, 5.41) is 0. The predicted octanol–water partition coefficient (Wildman–Crippen LogP) is 2.07. The summed E-state index contributed by atoms with van der Waals surface area (Å²) in [4.78, 5) is 16.3. The molecule has 2 saturated heterocycles. The van der Waals surface area contributed by atoms with Crippen molar-refractivity contribution in [2.24, 2.45) is 0 Å². The van der Waals surface area contributed by atoms with Crippen LogP contribution in [0.3, 0.4) is 0 Å². The Balaban J connectivity index is 1.74. The summed E-state index contributed by atoms with van der Waals surface area (Å²) in [5.74, 6) is -1.19. The fraction of sp³-hybridized carbons (Fsp3) is 0.400. The minimum atomic E-state index is -0.661. The van der Waals surface area contributed by atoms with Gasteiger partial charge in [0.2, 0.25) is 5.78 Å². The van der Waals surface area contributed by atoms with Crippen LogP contribution in [-0.4, -0.2) is 47.8 Å². The maximum Gasteiger partial charge on any atom is 0.222 e. The lowest BCUT2D eigenvalue weighted by Crippen LogP contribution is -2.43. The molecule has 0 saturated carbocycles. The molecule has 0 spiro atoms. The number of carbonyl (C=O) groups is 1. The summed E-state index contributed by atoms with van der Waals surface area (Å²) in [5.41, 5.74) is 0.404. The fourth-order valence-electron chi connectivity index (χ4n) is 2.83. The van der Waals surface area contributed by atoms with Crippen LogP contribution in [0.25, 0.3) is 0 Å². The molecule has 0 N–H and O–H groups in total. The van der Waals surface area contributed by atoms with Crippen LogP contribution in [0.4, 0.5) is 4.39 Å². The molecule has 2 bridgehead atoms. The largest absolute Gasteiger partial charge is 0.369 e. The van der Waals surface area contributed by atoms with Crippen LogP contribution in [-0.2, 0) is 0 Å². The highest BCUT2D eigenvalue weighted by atomic mass is 19.1. The number of hydrogen-bond acceptors (Lipinski definition) is 3. The smallest absolute Gasteiger partial charge is 0.222 e. The van der Waals surface area contributed by atoms with E-state index in [1.165, 1.54) is 6.20 Å². The third kappa shape index (κ3) is 2.54. The molecule has 2 unspecified atom stereocenters. The number of ketones is 1. The normalized spacial score (nSPS) is 26.6. The van der Waals surface area contributed by atoms with Crippen molar-refractivity contribution in [3.8, 4) is 0 Å². The molecule has 2 heterocycles. The quantitative estimate of drug-likeness (QED) is 0.614. The van der Waals surface area contributed by atoms with Gasteiger partial charge in [-0.2, -0.15) is 0 Å². The maximum absolute atomic E-state index is 14.0. The molecule has 2 aliphatic heterocycles. The van der Waals surface area contributed by atoms with Crippen LogP contribution in [0.2, 0.25) is 0 Å². The predicted molar refractivity (Wildman–Crippen MR) is 71.5 cm³/mol. The molecular weight excluding hydrogens is 243 g/mol. The van der Waals surface area contributed by atoms with E-state index in [2.05, 4.69) is 4.90 Å². The Morgan fingerprint density at radius 1 is 1.21 bits per heavy atom. The molecule has 100 valence electrons. The summed E-state index contributed by atoms with van der Waals surface area (Å²) in [6.07, 6.45) is 2.46. The van der Waals surface area contributed by atoms with E-state index < -0.39 is 11.6 Å². The second kappa shape index (κ2) is 5.13. The zero-order valence-electron chi connectivity index (χ0n) is 10.8. The first-order valence-corrected chi connectivity index (χ1v) is 6.69. The van der Waals surface area contributed by atoms with Gasteiger partial charge in [-0.15, -0.1) is 0 Å². The Morgan fingerprint density at radius 2 is 2.00 bits per heavy atom. The van der Waals surface area contributed by atoms with Crippen molar-refractivity contribution in [1.29, 1.82) is 0 Å². The second-order valence-electron chi connectivity index (χ2n) is 5.15. The highest BCUT2D eigenvalue weighted by molar-refractivity contribution is 6.07. The van der Waals surface area contributed by atoms with E-state index in [-0.39, 0.29) is 0 Å². The molecule has 3 rings (SSSR count). The highest BCUT2D eigenvalue weighted by Gasteiger charge is 2.31. The molecule has 0 amide bonds. The average molecular weight is 260 g/mol. The van der Waals surface area contributed by atoms with E-state index in [4.69, 9.17) is 0 Å². The Bertz CT molecular complexity index is 500. The Hall–Kier alpha value is -1.68. The van der Waals surface area contributed by atoms with Crippen LogP contribution in [0.15, 0.2) is 42.4 Å². The van der Waals surface area contributed by atoms with Crippen molar-refractivity contribution < 1.29 is 9.18 Å². The van der Waals surface area contributed by atoms with E-state index in [1.54, 1.807) is 24.3 Å². The lowest BCUT2D eigenvalue weighted by molar-refractivity contribution is 0.0996. The summed E-state index contributed by atoms with van der Waals surface area (Å²) in [7, 11) is 0. The lowest BCUT2D eigenvalue weighted by Gasteiger charge is -2.33. The van der Waals surface area contributed by atoms with Crippen molar-refractivity contribution in [2.75, 3.05) is 26.2 Å². The summed E-state index contributed by atoms with van der Waals surface area (Å²) >= 11 is 0. The summed E-state index contributed by atoms with van der Waals surface area (Å²) in [6, 6.07) is 8.96. The molecule has 4 heteroatoms. The Labute approximate surface area is 112 Å². The molecule has 0 aliphatic carbocycles. The van der Waals surface area contributed by atoms with Crippen molar-refractivity contribution in [2.45, 2.75) is 12.5 Å².